The number of amides is 2. The molecule has 0 radical (unpaired) electrons. The van der Waals surface area contributed by atoms with Crippen LogP contribution in [0.5, 0.6) is 5.75 Å². The summed E-state index contributed by atoms with van der Waals surface area (Å²) in [5, 5.41) is 6.75. The fraction of sp³-hybridized carbons (Fsp3) is 0.440. The largest absolute Gasteiger partial charge is 0.497 e. The van der Waals surface area contributed by atoms with Crippen molar-refractivity contribution < 1.29 is 14.3 Å². The summed E-state index contributed by atoms with van der Waals surface area (Å²) in [6.07, 6.45) is 2.82. The second-order valence-corrected chi connectivity index (χ2v) is 11.2. The lowest BCUT2D eigenvalue weighted by atomic mass is 10.1. The molecule has 32 heavy (non-hydrogen) atoms. The monoisotopic (exact) mass is 516 g/mol. The zero-order valence-electron chi connectivity index (χ0n) is 18.3. The molecule has 1 saturated heterocycles. The van der Waals surface area contributed by atoms with Crippen molar-refractivity contribution >= 4 is 39.5 Å². The zero-order valence-corrected chi connectivity index (χ0v) is 20.7. The molecule has 2 aromatic rings. The van der Waals surface area contributed by atoms with Gasteiger partial charge in [-0.15, -0.1) is 11.8 Å². The summed E-state index contributed by atoms with van der Waals surface area (Å²) in [5.74, 6) is 1.11. The Hall–Kier alpha value is -1.99. The molecule has 3 unspecified atom stereocenters. The van der Waals surface area contributed by atoms with Gasteiger partial charge in [0.1, 0.15) is 5.75 Å². The molecule has 2 N–H and O–H groups in total. The SMILES string of the molecule is COc1ccc(C(CNC(=O)[C@@H]2C[C@H]2c2cccc(Br)c2)NC(=O)C2CCC(C)S2)cc1. The van der Waals surface area contributed by atoms with Crippen LogP contribution >= 0.6 is 27.7 Å². The van der Waals surface area contributed by atoms with Gasteiger partial charge in [-0.1, -0.05) is 47.1 Å². The minimum atomic E-state index is -0.281. The Bertz CT molecular complexity index is 968. The van der Waals surface area contributed by atoms with E-state index in [4.69, 9.17) is 4.74 Å². The van der Waals surface area contributed by atoms with Gasteiger partial charge in [0.25, 0.3) is 0 Å². The van der Waals surface area contributed by atoms with Crippen LogP contribution in [-0.4, -0.2) is 36.0 Å². The maximum absolute atomic E-state index is 12.9. The van der Waals surface area contributed by atoms with Crippen molar-refractivity contribution in [2.45, 2.75) is 48.6 Å². The Morgan fingerprint density at radius 2 is 1.94 bits per heavy atom. The van der Waals surface area contributed by atoms with E-state index >= 15 is 0 Å². The molecular weight excluding hydrogens is 488 g/mol. The smallest absolute Gasteiger partial charge is 0.233 e. The number of benzene rings is 2. The van der Waals surface area contributed by atoms with Crippen molar-refractivity contribution in [2.24, 2.45) is 5.92 Å². The van der Waals surface area contributed by atoms with Crippen molar-refractivity contribution in [3.05, 3.63) is 64.1 Å². The van der Waals surface area contributed by atoms with Crippen LogP contribution in [0.25, 0.3) is 0 Å². The molecule has 1 saturated carbocycles. The van der Waals surface area contributed by atoms with E-state index < -0.39 is 0 Å². The third-order valence-corrected chi connectivity index (χ3v) is 8.22. The Balaban J connectivity index is 1.39. The number of methoxy groups -OCH3 is 1. The van der Waals surface area contributed by atoms with Gasteiger partial charge in [-0.3, -0.25) is 9.59 Å². The third-order valence-electron chi connectivity index (χ3n) is 6.24. The summed E-state index contributed by atoms with van der Waals surface area (Å²) >= 11 is 5.24. The Morgan fingerprint density at radius 1 is 1.16 bits per heavy atom. The van der Waals surface area contributed by atoms with E-state index in [0.29, 0.717) is 11.8 Å². The first-order valence-electron chi connectivity index (χ1n) is 11.1. The molecule has 1 aliphatic heterocycles. The Morgan fingerprint density at radius 3 is 2.59 bits per heavy atom. The molecule has 2 aromatic carbocycles. The second-order valence-electron chi connectivity index (χ2n) is 8.60. The highest BCUT2D eigenvalue weighted by Gasteiger charge is 2.44. The van der Waals surface area contributed by atoms with Gasteiger partial charge < -0.3 is 15.4 Å². The number of hydrogen-bond acceptors (Lipinski definition) is 4. The topological polar surface area (TPSA) is 67.4 Å². The highest BCUT2D eigenvalue weighted by atomic mass is 79.9. The molecule has 4 rings (SSSR count). The van der Waals surface area contributed by atoms with Crippen LogP contribution in [0.2, 0.25) is 0 Å². The molecule has 0 bridgehead atoms. The van der Waals surface area contributed by atoms with E-state index in [2.05, 4.69) is 45.6 Å². The number of carbonyl (C=O) groups excluding carboxylic acids is 2. The third kappa shape index (κ3) is 5.67. The molecule has 0 aromatic heterocycles. The number of nitrogens with one attached hydrogen (secondary N) is 2. The molecule has 2 amide bonds. The summed E-state index contributed by atoms with van der Waals surface area (Å²) in [6, 6.07) is 15.5. The van der Waals surface area contributed by atoms with Gasteiger partial charge in [0.05, 0.1) is 18.4 Å². The number of rotatable bonds is 8. The maximum atomic E-state index is 12.9. The van der Waals surface area contributed by atoms with Crippen LogP contribution in [0.4, 0.5) is 0 Å². The van der Waals surface area contributed by atoms with Gasteiger partial charge in [0, 0.05) is 22.2 Å². The predicted molar refractivity (Wildman–Crippen MR) is 132 cm³/mol. The Labute approximate surface area is 202 Å². The lowest BCUT2D eigenvalue weighted by molar-refractivity contribution is -0.124. The van der Waals surface area contributed by atoms with Gasteiger partial charge in [0.15, 0.2) is 0 Å². The van der Waals surface area contributed by atoms with Crippen molar-refractivity contribution in [2.75, 3.05) is 13.7 Å². The average Bonchev–Trinajstić information content (AvgIpc) is 3.49. The van der Waals surface area contributed by atoms with Crippen molar-refractivity contribution in [3.8, 4) is 5.75 Å². The molecule has 170 valence electrons. The van der Waals surface area contributed by atoms with E-state index in [1.54, 1.807) is 18.9 Å². The van der Waals surface area contributed by atoms with Gasteiger partial charge in [-0.25, -0.2) is 0 Å². The second kappa shape index (κ2) is 10.3. The van der Waals surface area contributed by atoms with Gasteiger partial charge in [0.2, 0.25) is 11.8 Å². The fourth-order valence-electron chi connectivity index (χ4n) is 4.27. The van der Waals surface area contributed by atoms with Crippen LogP contribution in [-0.2, 0) is 9.59 Å². The van der Waals surface area contributed by atoms with Gasteiger partial charge >= 0.3 is 0 Å². The van der Waals surface area contributed by atoms with Crippen molar-refractivity contribution in [3.63, 3.8) is 0 Å². The van der Waals surface area contributed by atoms with Gasteiger partial charge in [-0.05, 0) is 60.6 Å². The molecule has 1 aliphatic carbocycles. The number of ether oxygens (including phenoxy) is 1. The lowest BCUT2D eigenvalue weighted by Gasteiger charge is -2.22. The Kier molecular flexibility index (Phi) is 7.46. The fourth-order valence-corrected chi connectivity index (χ4v) is 5.99. The van der Waals surface area contributed by atoms with E-state index in [0.717, 1.165) is 35.0 Å². The molecule has 7 heteroatoms. The van der Waals surface area contributed by atoms with E-state index in [9.17, 15) is 9.59 Å². The lowest BCUT2D eigenvalue weighted by Crippen LogP contribution is -2.41. The normalized spacial score (nSPS) is 25.1. The first kappa shape index (κ1) is 23.2. The zero-order chi connectivity index (χ0) is 22.7. The molecule has 2 aliphatic rings. The van der Waals surface area contributed by atoms with Crippen LogP contribution < -0.4 is 15.4 Å². The summed E-state index contributed by atoms with van der Waals surface area (Å²) in [5.41, 5.74) is 2.14. The minimum absolute atomic E-state index is 0.0113. The van der Waals surface area contributed by atoms with Crippen LogP contribution in [0.1, 0.15) is 49.3 Å². The number of halogens is 1. The highest BCUT2D eigenvalue weighted by molar-refractivity contribution is 9.10. The quantitative estimate of drug-likeness (QED) is 0.527. The standard InChI is InChI=1S/C25H29BrN2O3S/c1-15-6-11-23(32-15)25(30)28-22(16-7-9-19(31-2)10-8-16)14-27-24(29)21-13-20(21)17-4-3-5-18(26)12-17/h3-5,7-10,12,15,20-23H,6,11,13-14H2,1-2H3,(H,27,29)(H,28,30)/t15?,20-,21+,22?,23?/m0/s1. The molecule has 5 atom stereocenters. The predicted octanol–water partition coefficient (Wildman–Crippen LogP) is 4.82. The minimum Gasteiger partial charge on any atom is -0.497 e. The number of carbonyl (C=O) groups is 2. The first-order valence-corrected chi connectivity index (χ1v) is 12.8. The van der Waals surface area contributed by atoms with Crippen molar-refractivity contribution in [1.29, 1.82) is 0 Å². The van der Waals surface area contributed by atoms with E-state index in [1.807, 2.05) is 36.4 Å². The molecule has 1 heterocycles. The van der Waals surface area contributed by atoms with Crippen molar-refractivity contribution in [1.82, 2.24) is 10.6 Å². The summed E-state index contributed by atoms with van der Waals surface area (Å²) in [4.78, 5) is 25.7. The van der Waals surface area contributed by atoms with E-state index in [-0.39, 0.29) is 34.9 Å². The first-order chi connectivity index (χ1) is 15.4. The summed E-state index contributed by atoms with van der Waals surface area (Å²) in [7, 11) is 1.63. The van der Waals surface area contributed by atoms with Gasteiger partial charge in [-0.2, -0.15) is 0 Å². The molecule has 2 fully saturated rings. The average molecular weight is 517 g/mol. The highest BCUT2D eigenvalue weighted by Crippen LogP contribution is 2.48. The molecule has 5 nitrogen and oxygen atoms in total. The van der Waals surface area contributed by atoms with Crippen LogP contribution in [0.3, 0.4) is 0 Å². The van der Waals surface area contributed by atoms with Crippen LogP contribution in [0.15, 0.2) is 53.0 Å². The molecular formula is C25H29BrN2O3S. The summed E-state index contributed by atoms with van der Waals surface area (Å²) < 4.78 is 6.29. The van der Waals surface area contributed by atoms with E-state index in [1.165, 1.54) is 5.56 Å². The maximum Gasteiger partial charge on any atom is 0.233 e. The number of hydrogen-bond donors (Lipinski definition) is 2. The molecule has 0 spiro atoms. The number of thioether (sulfide) groups is 1. The van der Waals surface area contributed by atoms with Crippen LogP contribution in [0, 0.1) is 5.92 Å². The summed E-state index contributed by atoms with van der Waals surface area (Å²) in [6.45, 7) is 2.53.